The number of para-hydroxylation sites is 2. The molecule has 33 heavy (non-hydrogen) atoms. The van der Waals surface area contributed by atoms with E-state index in [0.717, 1.165) is 5.56 Å². The lowest BCUT2D eigenvalue weighted by Crippen LogP contribution is -2.27. The Morgan fingerprint density at radius 1 is 0.697 bits per heavy atom. The van der Waals surface area contributed by atoms with Crippen LogP contribution in [0.5, 0.6) is 0 Å². The van der Waals surface area contributed by atoms with Crippen LogP contribution >= 0.6 is 0 Å². The molecular formula is C26H27N3O4. The van der Waals surface area contributed by atoms with Gasteiger partial charge in [-0.3, -0.25) is 14.9 Å². The molecule has 0 fully saturated rings. The first kappa shape index (κ1) is 23.5. The van der Waals surface area contributed by atoms with Gasteiger partial charge in [-0.15, -0.1) is 0 Å². The normalized spacial score (nSPS) is 10.8. The van der Waals surface area contributed by atoms with Gasteiger partial charge in [0.2, 0.25) is 0 Å². The van der Waals surface area contributed by atoms with E-state index < -0.39 is 11.7 Å². The van der Waals surface area contributed by atoms with E-state index in [1.807, 2.05) is 18.2 Å². The van der Waals surface area contributed by atoms with Crippen molar-refractivity contribution in [2.75, 3.05) is 10.6 Å². The maximum Gasteiger partial charge on any atom is 0.412 e. The van der Waals surface area contributed by atoms with Gasteiger partial charge in [0.05, 0.1) is 11.4 Å². The number of amides is 3. The molecular weight excluding hydrogens is 418 g/mol. The predicted molar refractivity (Wildman–Crippen MR) is 128 cm³/mol. The van der Waals surface area contributed by atoms with E-state index >= 15 is 0 Å². The molecule has 0 atom stereocenters. The molecule has 0 aromatic heterocycles. The van der Waals surface area contributed by atoms with Gasteiger partial charge in [-0.2, -0.15) is 0 Å². The molecule has 0 unspecified atom stereocenters. The second-order valence-electron chi connectivity index (χ2n) is 8.37. The van der Waals surface area contributed by atoms with Gasteiger partial charge in [0.25, 0.3) is 11.8 Å². The van der Waals surface area contributed by atoms with E-state index in [1.165, 1.54) is 0 Å². The fourth-order valence-corrected chi connectivity index (χ4v) is 2.96. The lowest BCUT2D eigenvalue weighted by Gasteiger charge is -2.20. The first-order valence-electron chi connectivity index (χ1n) is 10.5. The summed E-state index contributed by atoms with van der Waals surface area (Å²) in [4.78, 5) is 37.0. The van der Waals surface area contributed by atoms with Crippen molar-refractivity contribution in [1.29, 1.82) is 0 Å². The summed E-state index contributed by atoms with van der Waals surface area (Å²) in [5, 5.41) is 8.32. The maximum atomic E-state index is 12.7. The standard InChI is InChI=1S/C26H27N3O4/c1-26(2,3)33-25(32)29-22-12-8-7-11-21(22)28-24(31)20-15-13-18(14-16-20)17-27-23(30)19-9-5-4-6-10-19/h4-16H,17H2,1-3H3,(H,27,30)(H,28,31)(H,29,32). The van der Waals surface area contributed by atoms with E-state index in [2.05, 4.69) is 16.0 Å². The molecule has 170 valence electrons. The van der Waals surface area contributed by atoms with Gasteiger partial charge in [0.15, 0.2) is 0 Å². The fourth-order valence-electron chi connectivity index (χ4n) is 2.96. The number of hydrogen-bond acceptors (Lipinski definition) is 4. The van der Waals surface area contributed by atoms with Gasteiger partial charge in [-0.05, 0) is 62.7 Å². The minimum Gasteiger partial charge on any atom is -0.444 e. The zero-order chi connectivity index (χ0) is 23.8. The van der Waals surface area contributed by atoms with Crippen LogP contribution in [0.3, 0.4) is 0 Å². The van der Waals surface area contributed by atoms with Crippen molar-refractivity contribution in [3.63, 3.8) is 0 Å². The van der Waals surface area contributed by atoms with Crippen molar-refractivity contribution < 1.29 is 19.1 Å². The average molecular weight is 446 g/mol. The van der Waals surface area contributed by atoms with Crippen molar-refractivity contribution in [1.82, 2.24) is 5.32 Å². The van der Waals surface area contributed by atoms with Crippen LogP contribution in [0.25, 0.3) is 0 Å². The number of carbonyl (C=O) groups is 3. The zero-order valence-electron chi connectivity index (χ0n) is 18.8. The Morgan fingerprint density at radius 2 is 1.24 bits per heavy atom. The highest BCUT2D eigenvalue weighted by Gasteiger charge is 2.18. The quantitative estimate of drug-likeness (QED) is 0.485. The number of anilines is 2. The third-order valence-corrected chi connectivity index (χ3v) is 4.52. The molecule has 3 aromatic rings. The SMILES string of the molecule is CC(C)(C)OC(=O)Nc1ccccc1NC(=O)c1ccc(CNC(=O)c2ccccc2)cc1. The van der Waals surface area contributed by atoms with Gasteiger partial charge < -0.3 is 15.4 Å². The highest BCUT2D eigenvalue weighted by Crippen LogP contribution is 2.23. The third-order valence-electron chi connectivity index (χ3n) is 4.52. The molecule has 0 bridgehead atoms. The van der Waals surface area contributed by atoms with Crippen molar-refractivity contribution in [3.8, 4) is 0 Å². The molecule has 0 aliphatic rings. The Morgan fingerprint density at radius 3 is 1.85 bits per heavy atom. The molecule has 0 aliphatic carbocycles. The molecule has 3 rings (SSSR count). The summed E-state index contributed by atoms with van der Waals surface area (Å²) in [5.74, 6) is -0.486. The second kappa shape index (κ2) is 10.5. The Kier molecular flexibility index (Phi) is 7.46. The first-order valence-corrected chi connectivity index (χ1v) is 10.5. The smallest absolute Gasteiger partial charge is 0.412 e. The van der Waals surface area contributed by atoms with Crippen molar-refractivity contribution in [2.45, 2.75) is 32.9 Å². The molecule has 3 aromatic carbocycles. The minimum absolute atomic E-state index is 0.161. The summed E-state index contributed by atoms with van der Waals surface area (Å²) in [7, 11) is 0. The molecule has 0 aliphatic heterocycles. The first-order chi connectivity index (χ1) is 15.7. The molecule has 7 nitrogen and oxygen atoms in total. The van der Waals surface area contributed by atoms with Crippen molar-refractivity contribution in [2.24, 2.45) is 0 Å². The largest absolute Gasteiger partial charge is 0.444 e. The number of hydrogen-bond donors (Lipinski definition) is 3. The lowest BCUT2D eigenvalue weighted by molar-refractivity contribution is 0.0635. The molecule has 7 heteroatoms. The molecule has 0 saturated carbocycles. The average Bonchev–Trinajstić information content (AvgIpc) is 2.78. The molecule has 0 spiro atoms. The number of benzene rings is 3. The van der Waals surface area contributed by atoms with Crippen LogP contribution in [0.15, 0.2) is 78.9 Å². The van der Waals surface area contributed by atoms with Crippen LogP contribution in [0.1, 0.15) is 47.1 Å². The van der Waals surface area contributed by atoms with E-state index in [1.54, 1.807) is 81.4 Å². The number of carbonyl (C=O) groups excluding carboxylic acids is 3. The van der Waals surface area contributed by atoms with E-state index in [9.17, 15) is 14.4 Å². The monoisotopic (exact) mass is 445 g/mol. The van der Waals surface area contributed by atoms with Gasteiger partial charge in [0, 0.05) is 17.7 Å². The summed E-state index contributed by atoms with van der Waals surface area (Å²) >= 11 is 0. The molecule has 3 N–H and O–H groups in total. The van der Waals surface area contributed by atoms with E-state index in [0.29, 0.717) is 29.0 Å². The summed E-state index contributed by atoms with van der Waals surface area (Å²) in [6.45, 7) is 5.67. The summed E-state index contributed by atoms with van der Waals surface area (Å²) in [5.41, 5.74) is 2.15. The van der Waals surface area contributed by atoms with E-state index in [-0.39, 0.29) is 11.8 Å². The molecule has 0 radical (unpaired) electrons. The number of rotatable bonds is 6. The lowest BCUT2D eigenvalue weighted by atomic mass is 10.1. The Labute approximate surface area is 193 Å². The van der Waals surface area contributed by atoms with Gasteiger partial charge in [0.1, 0.15) is 5.60 Å². The number of nitrogens with one attached hydrogen (secondary N) is 3. The predicted octanol–water partition coefficient (Wildman–Crippen LogP) is 5.22. The van der Waals surface area contributed by atoms with Crippen LogP contribution < -0.4 is 16.0 Å². The number of ether oxygens (including phenoxy) is 1. The van der Waals surface area contributed by atoms with Gasteiger partial charge >= 0.3 is 6.09 Å². The van der Waals surface area contributed by atoms with Crippen LogP contribution in [0.2, 0.25) is 0 Å². The summed E-state index contributed by atoms with van der Waals surface area (Å²) in [6.07, 6.45) is -0.605. The van der Waals surface area contributed by atoms with E-state index in [4.69, 9.17) is 4.74 Å². The second-order valence-corrected chi connectivity index (χ2v) is 8.37. The highest BCUT2D eigenvalue weighted by molar-refractivity contribution is 6.06. The van der Waals surface area contributed by atoms with Crippen molar-refractivity contribution in [3.05, 3.63) is 95.6 Å². The Bertz CT molecular complexity index is 1120. The molecule has 0 saturated heterocycles. The van der Waals surface area contributed by atoms with Gasteiger partial charge in [-0.1, -0.05) is 42.5 Å². The van der Waals surface area contributed by atoms with Crippen LogP contribution in [-0.4, -0.2) is 23.5 Å². The minimum atomic E-state index is -0.634. The third kappa shape index (κ3) is 7.21. The summed E-state index contributed by atoms with van der Waals surface area (Å²) in [6, 6.07) is 22.8. The van der Waals surface area contributed by atoms with Gasteiger partial charge in [-0.25, -0.2) is 4.79 Å². The van der Waals surface area contributed by atoms with Crippen LogP contribution in [0, 0.1) is 0 Å². The molecule has 3 amide bonds. The Balaban J connectivity index is 1.60. The summed E-state index contributed by atoms with van der Waals surface area (Å²) < 4.78 is 5.27. The highest BCUT2D eigenvalue weighted by atomic mass is 16.6. The van der Waals surface area contributed by atoms with Crippen molar-refractivity contribution >= 4 is 29.3 Å². The van der Waals surface area contributed by atoms with Crippen LogP contribution in [-0.2, 0) is 11.3 Å². The molecule has 0 heterocycles. The van der Waals surface area contributed by atoms with Crippen LogP contribution in [0.4, 0.5) is 16.2 Å². The zero-order valence-corrected chi connectivity index (χ0v) is 18.8. The fraction of sp³-hybridized carbons (Fsp3) is 0.192. The topological polar surface area (TPSA) is 96.5 Å². The Hall–Kier alpha value is -4.13. The maximum absolute atomic E-state index is 12.7.